The van der Waals surface area contributed by atoms with Crippen LogP contribution in [0.15, 0.2) is 40.9 Å². The largest absolute Gasteiger partial charge is 0.419 e. The Balaban J connectivity index is 1.81. The van der Waals surface area contributed by atoms with Gasteiger partial charge in [-0.1, -0.05) is 31.2 Å². The molecule has 5 heteroatoms. The first-order valence-corrected chi connectivity index (χ1v) is 7.25. The number of fused-ring (bicyclic) bond motifs is 1. The number of benzene rings is 1. The average Bonchev–Trinajstić information content (AvgIpc) is 3.00. The quantitative estimate of drug-likeness (QED) is 0.704. The molecule has 5 nitrogen and oxygen atoms in total. The maximum absolute atomic E-state index is 5.75. The number of nitrogens with zero attached hydrogens (tertiary/aromatic N) is 3. The van der Waals surface area contributed by atoms with E-state index in [2.05, 4.69) is 27.4 Å². The summed E-state index contributed by atoms with van der Waals surface area (Å²) in [6, 6.07) is 10.0. The SMILES string of the molecule is CCNCCCc1nnc(-c2nccc3ccccc23)o1. The summed E-state index contributed by atoms with van der Waals surface area (Å²) < 4.78 is 5.75. The van der Waals surface area contributed by atoms with Crippen molar-refractivity contribution in [3.05, 3.63) is 42.4 Å². The Bertz CT molecular complexity index is 718. The molecule has 108 valence electrons. The van der Waals surface area contributed by atoms with Gasteiger partial charge in [-0.25, -0.2) is 0 Å². The molecule has 0 aliphatic rings. The Kier molecular flexibility index (Phi) is 4.21. The molecule has 1 N–H and O–H groups in total. The zero-order chi connectivity index (χ0) is 14.5. The molecule has 2 heterocycles. The highest BCUT2D eigenvalue weighted by molar-refractivity contribution is 5.92. The molecule has 0 aliphatic heterocycles. The first kappa shape index (κ1) is 13.7. The normalized spacial score (nSPS) is 11.1. The highest BCUT2D eigenvalue weighted by Gasteiger charge is 2.12. The van der Waals surface area contributed by atoms with Crippen molar-refractivity contribution in [2.24, 2.45) is 0 Å². The van der Waals surface area contributed by atoms with Gasteiger partial charge in [0.25, 0.3) is 5.89 Å². The van der Waals surface area contributed by atoms with Gasteiger partial charge < -0.3 is 9.73 Å². The summed E-state index contributed by atoms with van der Waals surface area (Å²) >= 11 is 0. The molecule has 3 rings (SSSR count). The van der Waals surface area contributed by atoms with Gasteiger partial charge in [-0.2, -0.15) is 0 Å². The Hall–Kier alpha value is -2.27. The Morgan fingerprint density at radius 2 is 2.05 bits per heavy atom. The number of hydrogen-bond donors (Lipinski definition) is 1. The number of aryl methyl sites for hydroxylation is 1. The minimum Gasteiger partial charge on any atom is -0.419 e. The summed E-state index contributed by atoms with van der Waals surface area (Å²) in [6.45, 7) is 4.03. The maximum Gasteiger partial charge on any atom is 0.266 e. The van der Waals surface area contributed by atoms with Gasteiger partial charge in [-0.15, -0.1) is 10.2 Å². The molecule has 0 saturated heterocycles. The lowest BCUT2D eigenvalue weighted by Gasteiger charge is -2.01. The number of nitrogens with one attached hydrogen (secondary N) is 1. The second kappa shape index (κ2) is 6.45. The van der Waals surface area contributed by atoms with Crippen LogP contribution in [-0.4, -0.2) is 28.3 Å². The lowest BCUT2D eigenvalue weighted by molar-refractivity contribution is 0.491. The fourth-order valence-electron chi connectivity index (χ4n) is 2.28. The summed E-state index contributed by atoms with van der Waals surface area (Å²) in [6.07, 6.45) is 3.54. The maximum atomic E-state index is 5.75. The average molecular weight is 282 g/mol. The minimum atomic E-state index is 0.491. The van der Waals surface area contributed by atoms with Crippen molar-refractivity contribution in [1.29, 1.82) is 0 Å². The molecule has 0 fully saturated rings. The van der Waals surface area contributed by atoms with Crippen LogP contribution in [0.2, 0.25) is 0 Å². The fraction of sp³-hybridized carbons (Fsp3) is 0.312. The van der Waals surface area contributed by atoms with Crippen molar-refractivity contribution in [2.45, 2.75) is 19.8 Å². The van der Waals surface area contributed by atoms with Crippen molar-refractivity contribution in [2.75, 3.05) is 13.1 Å². The molecule has 0 radical (unpaired) electrons. The second-order valence-corrected chi connectivity index (χ2v) is 4.84. The first-order chi connectivity index (χ1) is 10.4. The van der Waals surface area contributed by atoms with E-state index in [-0.39, 0.29) is 0 Å². The molecule has 0 bridgehead atoms. The zero-order valence-corrected chi connectivity index (χ0v) is 12.0. The van der Waals surface area contributed by atoms with Crippen LogP contribution in [0.4, 0.5) is 0 Å². The van der Waals surface area contributed by atoms with Gasteiger partial charge in [0, 0.05) is 18.0 Å². The van der Waals surface area contributed by atoms with E-state index < -0.39 is 0 Å². The highest BCUT2D eigenvalue weighted by atomic mass is 16.4. The van der Waals surface area contributed by atoms with Crippen molar-refractivity contribution < 1.29 is 4.42 Å². The van der Waals surface area contributed by atoms with Gasteiger partial charge in [0.2, 0.25) is 5.89 Å². The van der Waals surface area contributed by atoms with E-state index in [1.807, 2.05) is 30.3 Å². The standard InChI is InChI=1S/C16H18N4O/c1-2-17-10-5-8-14-19-20-16(21-14)15-13-7-4-3-6-12(13)9-11-18-15/h3-4,6-7,9,11,17H,2,5,8,10H2,1H3. The molecule has 0 aliphatic carbocycles. The van der Waals surface area contributed by atoms with Crippen molar-refractivity contribution >= 4 is 10.8 Å². The third kappa shape index (κ3) is 3.08. The molecule has 1 aromatic carbocycles. The molecule has 0 unspecified atom stereocenters. The van der Waals surface area contributed by atoms with Crippen LogP contribution in [-0.2, 0) is 6.42 Å². The monoisotopic (exact) mass is 282 g/mol. The van der Waals surface area contributed by atoms with E-state index in [9.17, 15) is 0 Å². The smallest absolute Gasteiger partial charge is 0.266 e. The van der Waals surface area contributed by atoms with Crippen LogP contribution in [0.25, 0.3) is 22.4 Å². The Morgan fingerprint density at radius 3 is 2.95 bits per heavy atom. The Morgan fingerprint density at radius 1 is 1.14 bits per heavy atom. The first-order valence-electron chi connectivity index (χ1n) is 7.25. The van der Waals surface area contributed by atoms with Gasteiger partial charge >= 0.3 is 0 Å². The van der Waals surface area contributed by atoms with E-state index in [4.69, 9.17) is 4.42 Å². The van der Waals surface area contributed by atoms with E-state index >= 15 is 0 Å². The summed E-state index contributed by atoms with van der Waals surface area (Å²) in [5, 5.41) is 13.7. The molecule has 0 amide bonds. The molecular weight excluding hydrogens is 264 g/mol. The van der Waals surface area contributed by atoms with Gasteiger partial charge in [-0.3, -0.25) is 4.98 Å². The predicted octanol–water partition coefficient (Wildman–Crippen LogP) is 2.83. The van der Waals surface area contributed by atoms with Crippen molar-refractivity contribution in [3.8, 4) is 11.6 Å². The van der Waals surface area contributed by atoms with Crippen LogP contribution in [0, 0.1) is 0 Å². The second-order valence-electron chi connectivity index (χ2n) is 4.84. The lowest BCUT2D eigenvalue weighted by Crippen LogP contribution is -2.14. The van der Waals surface area contributed by atoms with Crippen LogP contribution in [0.1, 0.15) is 19.2 Å². The number of rotatable bonds is 6. The van der Waals surface area contributed by atoms with Gasteiger partial charge in [0.05, 0.1) is 0 Å². The van der Waals surface area contributed by atoms with Gasteiger partial charge in [-0.05, 0) is 31.0 Å². The van der Waals surface area contributed by atoms with Crippen LogP contribution < -0.4 is 5.32 Å². The van der Waals surface area contributed by atoms with E-state index in [0.29, 0.717) is 11.8 Å². The van der Waals surface area contributed by atoms with Crippen LogP contribution >= 0.6 is 0 Å². The van der Waals surface area contributed by atoms with E-state index in [0.717, 1.165) is 42.4 Å². The lowest BCUT2D eigenvalue weighted by atomic mass is 10.1. The minimum absolute atomic E-state index is 0.491. The molecule has 0 spiro atoms. The topological polar surface area (TPSA) is 63.8 Å². The summed E-state index contributed by atoms with van der Waals surface area (Å²) in [7, 11) is 0. The van der Waals surface area contributed by atoms with Crippen LogP contribution in [0.5, 0.6) is 0 Å². The van der Waals surface area contributed by atoms with E-state index in [1.54, 1.807) is 6.20 Å². The molecule has 21 heavy (non-hydrogen) atoms. The fourth-order valence-corrected chi connectivity index (χ4v) is 2.28. The predicted molar refractivity (Wildman–Crippen MR) is 81.9 cm³/mol. The summed E-state index contributed by atoms with van der Waals surface area (Å²) in [5.74, 6) is 1.16. The molecule has 0 atom stereocenters. The zero-order valence-electron chi connectivity index (χ0n) is 12.0. The van der Waals surface area contributed by atoms with Crippen LogP contribution in [0.3, 0.4) is 0 Å². The molecule has 2 aromatic heterocycles. The number of aromatic nitrogens is 3. The van der Waals surface area contributed by atoms with Gasteiger partial charge in [0.15, 0.2) is 0 Å². The molecule has 0 saturated carbocycles. The summed E-state index contributed by atoms with van der Waals surface area (Å²) in [5.41, 5.74) is 0.749. The highest BCUT2D eigenvalue weighted by Crippen LogP contribution is 2.25. The third-order valence-electron chi connectivity index (χ3n) is 3.34. The molecular formula is C16H18N4O. The van der Waals surface area contributed by atoms with Crippen molar-refractivity contribution in [1.82, 2.24) is 20.5 Å². The van der Waals surface area contributed by atoms with Crippen molar-refractivity contribution in [3.63, 3.8) is 0 Å². The Labute approximate surface area is 123 Å². The number of hydrogen-bond acceptors (Lipinski definition) is 5. The third-order valence-corrected chi connectivity index (χ3v) is 3.34. The summed E-state index contributed by atoms with van der Waals surface area (Å²) in [4.78, 5) is 4.39. The van der Waals surface area contributed by atoms with E-state index in [1.165, 1.54) is 0 Å². The molecule has 3 aromatic rings. The van der Waals surface area contributed by atoms with Gasteiger partial charge in [0.1, 0.15) is 5.69 Å². The number of pyridine rings is 1.